The second-order valence-electron chi connectivity index (χ2n) is 5.05. The average molecular weight is 256 g/mol. The second kappa shape index (κ2) is 6.64. The third kappa shape index (κ3) is 3.88. The molecule has 0 aromatic carbocycles. The van der Waals surface area contributed by atoms with Crippen molar-refractivity contribution in [2.24, 2.45) is 4.99 Å². The molecule has 1 heterocycles. The summed E-state index contributed by atoms with van der Waals surface area (Å²) in [6, 6.07) is 0. The third-order valence-corrected chi connectivity index (χ3v) is 4.67. The van der Waals surface area contributed by atoms with Gasteiger partial charge in [-0.25, -0.2) is 0 Å². The molecule has 0 unspecified atom stereocenters. The first-order valence-corrected chi connectivity index (χ1v) is 7.86. The van der Waals surface area contributed by atoms with Crippen molar-refractivity contribution in [3.8, 4) is 0 Å². The summed E-state index contributed by atoms with van der Waals surface area (Å²) in [4.78, 5) is 4.63. The van der Waals surface area contributed by atoms with Crippen molar-refractivity contribution < 1.29 is 4.74 Å². The standard InChI is InChI=1S/C13H24N2OS/c1-2-9-16-10-5-8-14-12-15-13(11-17-12)6-3-4-7-13/h2-11H2,1H3,(H,14,15). The van der Waals surface area contributed by atoms with Gasteiger partial charge in [0.15, 0.2) is 5.17 Å². The average Bonchev–Trinajstić information content (AvgIpc) is 2.95. The van der Waals surface area contributed by atoms with E-state index in [9.17, 15) is 0 Å². The Labute approximate surface area is 109 Å². The first-order valence-electron chi connectivity index (χ1n) is 6.88. The van der Waals surface area contributed by atoms with Crippen LogP contribution in [0.25, 0.3) is 0 Å². The zero-order valence-electron chi connectivity index (χ0n) is 10.8. The first-order chi connectivity index (χ1) is 8.35. The number of nitrogens with one attached hydrogen (secondary N) is 1. The van der Waals surface area contributed by atoms with Gasteiger partial charge < -0.3 is 10.1 Å². The van der Waals surface area contributed by atoms with Gasteiger partial charge in [0.25, 0.3) is 0 Å². The summed E-state index contributed by atoms with van der Waals surface area (Å²) in [6.07, 6.45) is 7.57. The van der Waals surface area contributed by atoms with E-state index in [-0.39, 0.29) is 0 Å². The van der Waals surface area contributed by atoms with E-state index in [1.807, 2.05) is 11.8 Å². The number of hydrogen-bond acceptors (Lipinski definition) is 3. The Morgan fingerprint density at radius 2 is 2.18 bits per heavy atom. The SMILES string of the molecule is CCCOCCCN=C1NC2(CCCC2)CS1. The maximum Gasteiger partial charge on any atom is 0.157 e. The second-order valence-corrected chi connectivity index (χ2v) is 6.02. The van der Waals surface area contributed by atoms with E-state index >= 15 is 0 Å². The summed E-state index contributed by atoms with van der Waals surface area (Å²) < 4.78 is 5.44. The molecule has 17 heavy (non-hydrogen) atoms. The molecule has 1 saturated carbocycles. The maximum absolute atomic E-state index is 5.44. The fraction of sp³-hybridized carbons (Fsp3) is 0.923. The summed E-state index contributed by atoms with van der Waals surface area (Å²) >= 11 is 1.90. The van der Waals surface area contributed by atoms with E-state index in [1.165, 1.54) is 36.6 Å². The van der Waals surface area contributed by atoms with Crippen molar-refractivity contribution in [3.05, 3.63) is 0 Å². The highest BCUT2D eigenvalue weighted by molar-refractivity contribution is 8.14. The molecule has 1 aliphatic carbocycles. The molecule has 2 aliphatic rings. The molecular weight excluding hydrogens is 232 g/mol. The highest BCUT2D eigenvalue weighted by Crippen LogP contribution is 2.37. The van der Waals surface area contributed by atoms with Crippen LogP contribution < -0.4 is 5.32 Å². The summed E-state index contributed by atoms with van der Waals surface area (Å²) in [5.74, 6) is 1.22. The van der Waals surface area contributed by atoms with E-state index in [4.69, 9.17) is 4.74 Å². The van der Waals surface area contributed by atoms with E-state index in [2.05, 4.69) is 17.2 Å². The fourth-order valence-corrected chi connectivity index (χ4v) is 3.75. The molecule has 2 fully saturated rings. The Morgan fingerprint density at radius 1 is 1.35 bits per heavy atom. The predicted octanol–water partition coefficient (Wildman–Crippen LogP) is 2.81. The van der Waals surface area contributed by atoms with Crippen molar-refractivity contribution in [3.63, 3.8) is 0 Å². The summed E-state index contributed by atoms with van der Waals surface area (Å²) in [6.45, 7) is 4.77. The molecule has 4 heteroatoms. The van der Waals surface area contributed by atoms with Crippen LogP contribution in [0.1, 0.15) is 45.4 Å². The zero-order valence-corrected chi connectivity index (χ0v) is 11.7. The number of amidine groups is 1. The normalized spacial score (nSPS) is 24.6. The van der Waals surface area contributed by atoms with Crippen molar-refractivity contribution in [1.29, 1.82) is 0 Å². The number of thioether (sulfide) groups is 1. The highest BCUT2D eigenvalue weighted by atomic mass is 32.2. The van der Waals surface area contributed by atoms with Gasteiger partial charge in [0.05, 0.1) is 0 Å². The van der Waals surface area contributed by atoms with E-state index < -0.39 is 0 Å². The Hall–Kier alpha value is -0.220. The maximum atomic E-state index is 5.44. The Bertz CT molecular complexity index is 262. The van der Waals surface area contributed by atoms with Crippen LogP contribution in [-0.2, 0) is 4.74 Å². The molecule has 3 nitrogen and oxygen atoms in total. The summed E-state index contributed by atoms with van der Waals surface area (Å²) in [5, 5.41) is 4.81. The lowest BCUT2D eigenvalue weighted by atomic mass is 10.0. The first kappa shape index (κ1) is 13.2. The van der Waals surface area contributed by atoms with Crippen LogP contribution in [0.5, 0.6) is 0 Å². The van der Waals surface area contributed by atoms with E-state index in [0.29, 0.717) is 5.54 Å². The predicted molar refractivity (Wildman–Crippen MR) is 74.8 cm³/mol. The van der Waals surface area contributed by atoms with Crippen molar-refractivity contribution >= 4 is 16.9 Å². The van der Waals surface area contributed by atoms with Crippen molar-refractivity contribution in [1.82, 2.24) is 5.32 Å². The van der Waals surface area contributed by atoms with Crippen LogP contribution in [0.4, 0.5) is 0 Å². The molecule has 1 N–H and O–H groups in total. The molecule has 0 aromatic rings. The highest BCUT2D eigenvalue weighted by Gasteiger charge is 2.39. The Morgan fingerprint density at radius 3 is 2.94 bits per heavy atom. The Balaban J connectivity index is 1.62. The quantitative estimate of drug-likeness (QED) is 0.742. The molecule has 98 valence electrons. The van der Waals surface area contributed by atoms with Gasteiger partial charge in [-0.1, -0.05) is 31.5 Å². The lowest BCUT2D eigenvalue weighted by Crippen LogP contribution is -2.40. The molecule has 1 spiro atoms. The summed E-state index contributed by atoms with van der Waals surface area (Å²) in [7, 11) is 0. The van der Waals surface area contributed by atoms with Gasteiger partial charge in [0, 0.05) is 31.1 Å². The zero-order chi connectivity index (χ0) is 12.0. The molecule has 1 aliphatic heterocycles. The third-order valence-electron chi connectivity index (χ3n) is 3.47. The molecule has 0 amide bonds. The van der Waals surface area contributed by atoms with Crippen LogP contribution in [-0.4, -0.2) is 36.2 Å². The molecule has 0 bridgehead atoms. The van der Waals surface area contributed by atoms with Crippen molar-refractivity contribution in [2.45, 2.75) is 51.0 Å². The topological polar surface area (TPSA) is 33.6 Å². The number of aliphatic imine (C=N–C) groups is 1. The van der Waals surface area contributed by atoms with E-state index in [1.54, 1.807) is 0 Å². The molecular formula is C13H24N2OS. The van der Waals surface area contributed by atoms with Crippen molar-refractivity contribution in [2.75, 3.05) is 25.5 Å². The van der Waals surface area contributed by atoms with Gasteiger partial charge in [-0.3, -0.25) is 4.99 Å². The monoisotopic (exact) mass is 256 g/mol. The Kier molecular flexibility index (Phi) is 5.16. The molecule has 0 aromatic heterocycles. The fourth-order valence-electron chi connectivity index (χ4n) is 2.51. The van der Waals surface area contributed by atoms with Crippen LogP contribution in [0, 0.1) is 0 Å². The molecule has 0 atom stereocenters. The van der Waals surface area contributed by atoms with Gasteiger partial charge in [-0.05, 0) is 25.7 Å². The minimum atomic E-state index is 0.405. The number of nitrogens with zero attached hydrogens (tertiary/aromatic N) is 1. The molecule has 1 saturated heterocycles. The van der Waals surface area contributed by atoms with Crippen LogP contribution >= 0.6 is 11.8 Å². The van der Waals surface area contributed by atoms with Gasteiger partial charge >= 0.3 is 0 Å². The van der Waals surface area contributed by atoms with Gasteiger partial charge in [0.2, 0.25) is 0 Å². The van der Waals surface area contributed by atoms with Crippen LogP contribution in [0.2, 0.25) is 0 Å². The molecule has 2 rings (SSSR count). The van der Waals surface area contributed by atoms with Gasteiger partial charge in [0.1, 0.15) is 0 Å². The van der Waals surface area contributed by atoms with Gasteiger partial charge in [-0.2, -0.15) is 0 Å². The van der Waals surface area contributed by atoms with Crippen LogP contribution in [0.3, 0.4) is 0 Å². The minimum Gasteiger partial charge on any atom is -0.381 e. The van der Waals surface area contributed by atoms with E-state index in [0.717, 1.165) is 32.6 Å². The van der Waals surface area contributed by atoms with Gasteiger partial charge in [-0.15, -0.1) is 0 Å². The number of ether oxygens (including phenoxy) is 1. The lowest BCUT2D eigenvalue weighted by Gasteiger charge is -2.21. The smallest absolute Gasteiger partial charge is 0.157 e. The number of rotatable bonds is 6. The lowest BCUT2D eigenvalue weighted by molar-refractivity contribution is 0.134. The largest absolute Gasteiger partial charge is 0.381 e. The molecule has 0 radical (unpaired) electrons. The number of hydrogen-bond donors (Lipinski definition) is 1. The summed E-state index contributed by atoms with van der Waals surface area (Å²) in [5.41, 5.74) is 0.405. The van der Waals surface area contributed by atoms with Crippen LogP contribution in [0.15, 0.2) is 4.99 Å². The minimum absolute atomic E-state index is 0.405.